The number of benzene rings is 2. The van der Waals surface area contributed by atoms with Gasteiger partial charge in [-0.2, -0.15) is 0 Å². The van der Waals surface area contributed by atoms with Crippen LogP contribution >= 0.6 is 22.6 Å². The molecule has 106 valence electrons. The number of hydrogen-bond acceptors (Lipinski definition) is 3. The monoisotopic (exact) mass is 407 g/mol. The molecule has 2 aromatic carbocycles. The Bertz CT molecular complexity index is 734. The molecule has 0 unspecified atom stereocenters. The largest absolute Gasteiger partial charge is 0.496 e. The third kappa shape index (κ3) is 3.21. The molecule has 0 saturated carbocycles. The van der Waals surface area contributed by atoms with Gasteiger partial charge >= 0.3 is 0 Å². The van der Waals surface area contributed by atoms with Gasteiger partial charge in [0, 0.05) is 0 Å². The van der Waals surface area contributed by atoms with Crippen molar-refractivity contribution in [3.63, 3.8) is 0 Å². The Morgan fingerprint density at radius 2 is 1.90 bits per heavy atom. The standard InChI is InChI=1S/C13H11FINO3S/c1-19-13-7-6-9(8-11(13)15)20(17,18)16-12-5-3-2-4-10(12)14/h2-8,16H,1H3. The van der Waals surface area contributed by atoms with E-state index in [2.05, 4.69) is 4.72 Å². The molecule has 0 spiro atoms. The Kier molecular flexibility index (Phi) is 4.48. The van der Waals surface area contributed by atoms with Crippen LogP contribution in [0.25, 0.3) is 0 Å². The Morgan fingerprint density at radius 1 is 1.20 bits per heavy atom. The number of hydrogen-bond donors (Lipinski definition) is 1. The first-order valence-electron chi connectivity index (χ1n) is 5.55. The molecule has 0 bridgehead atoms. The smallest absolute Gasteiger partial charge is 0.262 e. The van der Waals surface area contributed by atoms with Crippen LogP contribution in [0.15, 0.2) is 47.4 Å². The summed E-state index contributed by atoms with van der Waals surface area (Å²) in [6.07, 6.45) is 0. The maximum atomic E-state index is 13.5. The molecule has 4 nitrogen and oxygen atoms in total. The second-order valence-corrected chi connectivity index (χ2v) is 6.73. The molecule has 0 atom stereocenters. The molecule has 0 heterocycles. The van der Waals surface area contributed by atoms with E-state index in [1.54, 1.807) is 12.1 Å². The first kappa shape index (κ1) is 15.0. The number of ether oxygens (including phenoxy) is 1. The third-order valence-corrected chi connectivity index (χ3v) is 4.76. The van der Waals surface area contributed by atoms with Crippen molar-refractivity contribution in [2.45, 2.75) is 4.90 Å². The number of halogens is 2. The molecule has 7 heteroatoms. The van der Waals surface area contributed by atoms with Crippen molar-refractivity contribution in [2.75, 3.05) is 11.8 Å². The molecular formula is C13H11FINO3S. The first-order valence-corrected chi connectivity index (χ1v) is 8.11. The summed E-state index contributed by atoms with van der Waals surface area (Å²) in [4.78, 5) is 0.0472. The summed E-state index contributed by atoms with van der Waals surface area (Å²) in [5.74, 6) is -0.0466. The summed E-state index contributed by atoms with van der Waals surface area (Å²) in [5, 5.41) is 0. The predicted molar refractivity (Wildman–Crippen MR) is 82.9 cm³/mol. The Labute approximate surface area is 130 Å². The number of nitrogens with one attached hydrogen (secondary N) is 1. The normalized spacial score (nSPS) is 11.2. The molecule has 0 fully saturated rings. The molecule has 0 aromatic heterocycles. The second-order valence-electron chi connectivity index (χ2n) is 3.88. The first-order chi connectivity index (χ1) is 9.44. The highest BCUT2D eigenvalue weighted by atomic mass is 127. The third-order valence-electron chi connectivity index (χ3n) is 2.55. The number of rotatable bonds is 4. The highest BCUT2D eigenvalue weighted by Gasteiger charge is 2.17. The molecule has 1 N–H and O–H groups in total. The van der Waals surface area contributed by atoms with E-state index in [0.717, 1.165) is 0 Å². The van der Waals surface area contributed by atoms with Gasteiger partial charge in [0.15, 0.2) is 0 Å². The van der Waals surface area contributed by atoms with Crippen LogP contribution in [0.1, 0.15) is 0 Å². The lowest BCUT2D eigenvalue weighted by atomic mass is 10.3. The summed E-state index contributed by atoms with van der Waals surface area (Å²) in [6, 6.07) is 10.0. The average molecular weight is 407 g/mol. The van der Waals surface area contributed by atoms with Crippen LogP contribution < -0.4 is 9.46 Å². The topological polar surface area (TPSA) is 55.4 Å². The maximum Gasteiger partial charge on any atom is 0.262 e. The average Bonchev–Trinajstić information content (AvgIpc) is 2.41. The summed E-state index contributed by atoms with van der Waals surface area (Å²) in [6.45, 7) is 0. The SMILES string of the molecule is COc1ccc(S(=O)(=O)Nc2ccccc2F)cc1I. The molecule has 0 aliphatic carbocycles. The zero-order valence-corrected chi connectivity index (χ0v) is 13.4. The van der Waals surface area contributed by atoms with Crippen molar-refractivity contribution in [3.8, 4) is 5.75 Å². The van der Waals surface area contributed by atoms with Gasteiger partial charge in [0.25, 0.3) is 10.0 Å². The van der Waals surface area contributed by atoms with Crippen molar-refractivity contribution in [1.82, 2.24) is 0 Å². The van der Waals surface area contributed by atoms with E-state index in [9.17, 15) is 12.8 Å². The van der Waals surface area contributed by atoms with Crippen LogP contribution in [0.5, 0.6) is 5.75 Å². The minimum atomic E-state index is -3.83. The molecule has 0 aliphatic heterocycles. The zero-order chi connectivity index (χ0) is 14.8. The van der Waals surface area contributed by atoms with Crippen molar-refractivity contribution >= 4 is 38.3 Å². The van der Waals surface area contributed by atoms with Gasteiger partial charge in [-0.3, -0.25) is 4.72 Å². The van der Waals surface area contributed by atoms with Gasteiger partial charge in [-0.05, 0) is 52.9 Å². The van der Waals surface area contributed by atoms with Gasteiger partial charge < -0.3 is 4.74 Å². The van der Waals surface area contributed by atoms with Crippen LogP contribution in [0.3, 0.4) is 0 Å². The summed E-state index contributed by atoms with van der Waals surface area (Å²) < 4.78 is 45.8. The quantitative estimate of drug-likeness (QED) is 0.792. The van der Waals surface area contributed by atoms with Gasteiger partial charge in [0.1, 0.15) is 11.6 Å². The highest BCUT2D eigenvalue weighted by molar-refractivity contribution is 14.1. The summed E-state index contributed by atoms with van der Waals surface area (Å²) in [5.41, 5.74) is -0.0849. The van der Waals surface area contributed by atoms with Gasteiger partial charge in [-0.15, -0.1) is 0 Å². The fourth-order valence-corrected chi connectivity index (χ4v) is 3.60. The molecule has 2 aromatic rings. The summed E-state index contributed by atoms with van der Waals surface area (Å²) >= 11 is 1.97. The zero-order valence-electron chi connectivity index (χ0n) is 10.4. The number of sulfonamides is 1. The molecule has 20 heavy (non-hydrogen) atoms. The van der Waals surface area contributed by atoms with E-state index in [1.807, 2.05) is 22.6 Å². The van der Waals surface area contributed by atoms with Crippen LogP contribution in [0.2, 0.25) is 0 Å². The van der Waals surface area contributed by atoms with Gasteiger partial charge in [-0.25, -0.2) is 12.8 Å². The van der Waals surface area contributed by atoms with Crippen molar-refractivity contribution in [2.24, 2.45) is 0 Å². The highest BCUT2D eigenvalue weighted by Crippen LogP contribution is 2.25. The second kappa shape index (κ2) is 5.96. The number of anilines is 1. The molecular weight excluding hydrogens is 396 g/mol. The van der Waals surface area contributed by atoms with E-state index in [0.29, 0.717) is 9.32 Å². The van der Waals surface area contributed by atoms with Crippen LogP contribution in [-0.2, 0) is 10.0 Å². The summed E-state index contributed by atoms with van der Waals surface area (Å²) in [7, 11) is -2.33. The van der Waals surface area contributed by atoms with Crippen molar-refractivity contribution < 1.29 is 17.5 Å². The molecule has 0 radical (unpaired) electrons. The molecule has 0 aliphatic rings. The molecule has 0 saturated heterocycles. The Morgan fingerprint density at radius 3 is 2.50 bits per heavy atom. The fourth-order valence-electron chi connectivity index (χ4n) is 1.56. The van der Waals surface area contributed by atoms with Crippen molar-refractivity contribution in [1.29, 1.82) is 0 Å². The minimum Gasteiger partial charge on any atom is -0.496 e. The number of para-hydroxylation sites is 1. The van der Waals surface area contributed by atoms with E-state index in [-0.39, 0.29) is 10.6 Å². The lowest BCUT2D eigenvalue weighted by Crippen LogP contribution is -2.14. The molecule has 0 amide bonds. The van der Waals surface area contributed by atoms with E-state index in [1.165, 1.54) is 37.4 Å². The van der Waals surface area contributed by atoms with Gasteiger partial charge in [0.05, 0.1) is 21.3 Å². The van der Waals surface area contributed by atoms with Gasteiger partial charge in [0.2, 0.25) is 0 Å². The van der Waals surface area contributed by atoms with Crippen LogP contribution in [0.4, 0.5) is 10.1 Å². The van der Waals surface area contributed by atoms with Crippen LogP contribution in [0, 0.1) is 9.39 Å². The minimum absolute atomic E-state index is 0.0472. The van der Waals surface area contributed by atoms with Crippen molar-refractivity contribution in [3.05, 3.63) is 51.9 Å². The Balaban J connectivity index is 2.36. The maximum absolute atomic E-state index is 13.5. The van der Waals surface area contributed by atoms with Gasteiger partial charge in [-0.1, -0.05) is 12.1 Å². The number of methoxy groups -OCH3 is 1. The molecule has 2 rings (SSSR count). The lowest BCUT2D eigenvalue weighted by Gasteiger charge is -2.10. The predicted octanol–water partition coefficient (Wildman–Crippen LogP) is 3.24. The van der Waals surface area contributed by atoms with E-state index in [4.69, 9.17) is 4.74 Å². The Hall–Kier alpha value is -1.35. The van der Waals surface area contributed by atoms with E-state index < -0.39 is 15.8 Å². The fraction of sp³-hybridized carbons (Fsp3) is 0.0769. The van der Waals surface area contributed by atoms with Crippen LogP contribution in [-0.4, -0.2) is 15.5 Å². The lowest BCUT2D eigenvalue weighted by molar-refractivity contribution is 0.411. The van der Waals surface area contributed by atoms with E-state index >= 15 is 0 Å².